The van der Waals surface area contributed by atoms with Crippen molar-refractivity contribution in [2.75, 3.05) is 11.9 Å². The van der Waals surface area contributed by atoms with Crippen LogP contribution in [0.1, 0.15) is 11.9 Å². The summed E-state index contributed by atoms with van der Waals surface area (Å²) in [4.78, 5) is 5.19. The normalized spacial score (nSPS) is 10.5. The van der Waals surface area contributed by atoms with Crippen molar-refractivity contribution in [2.45, 2.75) is 6.92 Å². The lowest BCUT2D eigenvalue weighted by Crippen LogP contribution is -2.09. The van der Waals surface area contributed by atoms with Gasteiger partial charge in [-0.05, 0) is 43.3 Å². The Labute approximate surface area is 132 Å². The molecule has 0 atom stereocenters. The molecule has 1 heterocycles. The molecule has 0 saturated heterocycles. The Kier molecular flexibility index (Phi) is 4.13. The van der Waals surface area contributed by atoms with Crippen LogP contribution in [-0.2, 0) is 0 Å². The zero-order valence-corrected chi connectivity index (χ0v) is 13.1. The Hall–Kier alpha value is -1.98. The maximum Gasteiger partial charge on any atom is 0.152 e. The van der Waals surface area contributed by atoms with E-state index in [1.165, 1.54) is 0 Å². The van der Waals surface area contributed by atoms with Crippen molar-refractivity contribution < 1.29 is 4.74 Å². The number of rotatable bonds is 4. The van der Waals surface area contributed by atoms with Crippen molar-refractivity contribution in [1.29, 1.82) is 0 Å². The minimum absolute atomic E-state index is 0.639. The van der Waals surface area contributed by atoms with Crippen LogP contribution >= 0.6 is 23.6 Å². The Morgan fingerprint density at radius 3 is 2.67 bits per heavy atom. The molecule has 0 spiro atoms. The lowest BCUT2D eigenvalue weighted by atomic mass is 10.3. The molecule has 0 unspecified atom stereocenters. The molecule has 106 valence electrons. The largest absolute Gasteiger partial charge is 0.494 e. The van der Waals surface area contributed by atoms with Crippen LogP contribution in [0.5, 0.6) is 5.75 Å². The number of benzene rings is 2. The van der Waals surface area contributed by atoms with E-state index in [0.717, 1.165) is 26.7 Å². The molecular weight excluding hydrogens is 300 g/mol. The molecule has 0 aliphatic carbocycles. The summed E-state index contributed by atoms with van der Waals surface area (Å²) >= 11 is 7.03. The van der Waals surface area contributed by atoms with E-state index in [0.29, 0.717) is 11.6 Å². The third-order valence-electron chi connectivity index (χ3n) is 2.91. The number of anilines is 1. The summed E-state index contributed by atoms with van der Waals surface area (Å²) in [5.41, 5.74) is 1.91. The minimum atomic E-state index is 0.639. The third-order valence-corrected chi connectivity index (χ3v) is 4.39. The van der Waals surface area contributed by atoms with E-state index in [1.54, 1.807) is 11.3 Å². The molecule has 21 heavy (non-hydrogen) atoms. The number of hydrogen-bond donors (Lipinski definition) is 1. The molecule has 0 saturated carbocycles. The highest BCUT2D eigenvalue weighted by atomic mass is 32.1. The lowest BCUT2D eigenvalue weighted by molar-refractivity contribution is 0.340. The predicted octanol–water partition coefficient (Wildman–Crippen LogP) is 4.48. The number of thiocarbonyl (C=S) groups is 1. The monoisotopic (exact) mass is 314 g/mol. The molecular formula is C16H14N2OS2. The summed E-state index contributed by atoms with van der Waals surface area (Å²) in [7, 11) is 0. The highest BCUT2D eigenvalue weighted by Gasteiger charge is 2.08. The van der Waals surface area contributed by atoms with Crippen molar-refractivity contribution in [3.63, 3.8) is 0 Å². The van der Waals surface area contributed by atoms with Gasteiger partial charge in [-0.2, -0.15) is 0 Å². The molecule has 0 aliphatic rings. The molecule has 2 aromatic carbocycles. The molecule has 0 radical (unpaired) electrons. The van der Waals surface area contributed by atoms with Crippen molar-refractivity contribution >= 4 is 44.4 Å². The maximum absolute atomic E-state index is 5.43. The number of aromatic nitrogens is 1. The van der Waals surface area contributed by atoms with E-state index in [4.69, 9.17) is 17.0 Å². The first kappa shape index (κ1) is 14.0. The maximum atomic E-state index is 5.43. The summed E-state index contributed by atoms with van der Waals surface area (Å²) in [6.07, 6.45) is 0. The quantitative estimate of drug-likeness (QED) is 0.720. The number of nitrogens with one attached hydrogen (secondary N) is 1. The minimum Gasteiger partial charge on any atom is -0.494 e. The van der Waals surface area contributed by atoms with Crippen LogP contribution in [0.4, 0.5) is 5.69 Å². The number of thiazole rings is 1. The molecule has 5 heteroatoms. The topological polar surface area (TPSA) is 34.1 Å². The van der Waals surface area contributed by atoms with E-state index in [2.05, 4.69) is 16.4 Å². The van der Waals surface area contributed by atoms with E-state index in [-0.39, 0.29) is 0 Å². The SMILES string of the molecule is CCOc1ccc(NC(=S)c2nc3ccccc3s2)cc1. The highest BCUT2D eigenvalue weighted by Crippen LogP contribution is 2.23. The second-order valence-corrected chi connectivity index (χ2v) is 5.84. The first-order valence-electron chi connectivity index (χ1n) is 6.66. The van der Waals surface area contributed by atoms with Crippen molar-refractivity contribution in [1.82, 2.24) is 4.98 Å². The van der Waals surface area contributed by atoms with Crippen LogP contribution < -0.4 is 10.1 Å². The van der Waals surface area contributed by atoms with Crippen LogP contribution in [0.15, 0.2) is 48.5 Å². The van der Waals surface area contributed by atoms with E-state index in [9.17, 15) is 0 Å². The van der Waals surface area contributed by atoms with Gasteiger partial charge in [0, 0.05) is 5.69 Å². The Morgan fingerprint density at radius 2 is 1.95 bits per heavy atom. The predicted molar refractivity (Wildman–Crippen MR) is 92.6 cm³/mol. The number of hydrogen-bond acceptors (Lipinski definition) is 4. The fraction of sp³-hybridized carbons (Fsp3) is 0.125. The summed E-state index contributed by atoms with van der Waals surface area (Å²) in [5, 5.41) is 4.05. The van der Waals surface area contributed by atoms with Gasteiger partial charge in [-0.25, -0.2) is 4.98 Å². The van der Waals surface area contributed by atoms with Crippen LogP contribution in [0.25, 0.3) is 10.2 Å². The molecule has 3 rings (SSSR count). The average molecular weight is 314 g/mol. The fourth-order valence-electron chi connectivity index (χ4n) is 1.96. The zero-order chi connectivity index (χ0) is 14.7. The van der Waals surface area contributed by atoms with E-state index < -0.39 is 0 Å². The van der Waals surface area contributed by atoms with Gasteiger partial charge in [-0.3, -0.25) is 0 Å². The summed E-state index contributed by atoms with van der Waals surface area (Å²) in [6.45, 7) is 2.63. The van der Waals surface area contributed by atoms with E-state index in [1.807, 2.05) is 49.4 Å². The Balaban J connectivity index is 1.76. The van der Waals surface area contributed by atoms with Gasteiger partial charge in [0.05, 0.1) is 16.8 Å². The second-order valence-electron chi connectivity index (χ2n) is 4.40. The Bertz CT molecular complexity index is 732. The number of nitrogens with zero attached hydrogens (tertiary/aromatic N) is 1. The van der Waals surface area contributed by atoms with Crippen molar-refractivity contribution in [3.8, 4) is 5.75 Å². The molecule has 3 nitrogen and oxygen atoms in total. The molecule has 0 bridgehead atoms. The van der Waals surface area contributed by atoms with E-state index >= 15 is 0 Å². The summed E-state index contributed by atoms with van der Waals surface area (Å²) in [5.74, 6) is 0.856. The van der Waals surface area contributed by atoms with Crippen LogP contribution in [0.3, 0.4) is 0 Å². The van der Waals surface area contributed by atoms with Crippen molar-refractivity contribution in [3.05, 3.63) is 53.5 Å². The van der Waals surface area contributed by atoms with Gasteiger partial charge in [-0.1, -0.05) is 24.4 Å². The smallest absolute Gasteiger partial charge is 0.152 e. The average Bonchev–Trinajstić information content (AvgIpc) is 2.94. The number of para-hydroxylation sites is 1. The van der Waals surface area contributed by atoms with Crippen LogP contribution in [0, 0.1) is 0 Å². The van der Waals surface area contributed by atoms with Gasteiger partial charge in [0.2, 0.25) is 0 Å². The molecule has 3 aromatic rings. The number of ether oxygens (including phenoxy) is 1. The van der Waals surface area contributed by atoms with Gasteiger partial charge in [0.1, 0.15) is 10.7 Å². The molecule has 0 aliphatic heterocycles. The second kappa shape index (κ2) is 6.20. The third kappa shape index (κ3) is 3.20. The van der Waals surface area contributed by atoms with Crippen LogP contribution in [0.2, 0.25) is 0 Å². The standard InChI is InChI=1S/C16H14N2OS2/c1-2-19-12-9-7-11(8-10-12)17-15(20)16-18-13-5-3-4-6-14(13)21-16/h3-10H,2H2,1H3,(H,17,20). The molecule has 0 amide bonds. The molecule has 0 fully saturated rings. The fourth-order valence-corrected chi connectivity index (χ4v) is 3.10. The number of fused-ring (bicyclic) bond motifs is 1. The summed E-state index contributed by atoms with van der Waals surface area (Å²) < 4.78 is 6.56. The van der Waals surface area contributed by atoms with Gasteiger partial charge in [0.25, 0.3) is 0 Å². The van der Waals surface area contributed by atoms with Gasteiger partial charge < -0.3 is 10.1 Å². The summed E-state index contributed by atoms with van der Waals surface area (Å²) in [6, 6.07) is 15.8. The van der Waals surface area contributed by atoms with Gasteiger partial charge in [0.15, 0.2) is 5.01 Å². The zero-order valence-electron chi connectivity index (χ0n) is 11.5. The van der Waals surface area contributed by atoms with Crippen molar-refractivity contribution in [2.24, 2.45) is 0 Å². The van der Waals surface area contributed by atoms with Gasteiger partial charge in [-0.15, -0.1) is 11.3 Å². The first-order chi connectivity index (χ1) is 10.3. The highest BCUT2D eigenvalue weighted by molar-refractivity contribution is 7.81. The van der Waals surface area contributed by atoms with Crippen LogP contribution in [-0.4, -0.2) is 16.6 Å². The Morgan fingerprint density at radius 1 is 1.19 bits per heavy atom. The molecule has 1 aromatic heterocycles. The van der Waals surface area contributed by atoms with Gasteiger partial charge >= 0.3 is 0 Å². The first-order valence-corrected chi connectivity index (χ1v) is 7.88. The molecule has 1 N–H and O–H groups in total. The lowest BCUT2D eigenvalue weighted by Gasteiger charge is -2.07.